The summed E-state index contributed by atoms with van der Waals surface area (Å²) < 4.78 is 7.88. The summed E-state index contributed by atoms with van der Waals surface area (Å²) in [7, 11) is 0. The largest absolute Gasteiger partial charge is 0.461 e. The van der Waals surface area contributed by atoms with Gasteiger partial charge < -0.3 is 4.74 Å². The minimum Gasteiger partial charge on any atom is -0.461 e. The van der Waals surface area contributed by atoms with Crippen LogP contribution in [-0.4, -0.2) is 42.6 Å². The van der Waals surface area contributed by atoms with Crippen molar-refractivity contribution in [3.63, 3.8) is 0 Å². The number of nitrogens with zero attached hydrogens (tertiary/aromatic N) is 6. The van der Waals surface area contributed by atoms with E-state index < -0.39 is 0 Å². The highest BCUT2D eigenvalue weighted by molar-refractivity contribution is 9.10. The predicted molar refractivity (Wildman–Crippen MR) is 96.5 cm³/mol. The van der Waals surface area contributed by atoms with E-state index in [1.807, 2.05) is 24.3 Å². The highest BCUT2D eigenvalue weighted by Gasteiger charge is 2.30. The lowest BCUT2D eigenvalue weighted by molar-refractivity contribution is 0.0511. The Hall–Kier alpha value is -2.55. The van der Waals surface area contributed by atoms with Gasteiger partial charge in [-0.2, -0.15) is 9.90 Å². The van der Waals surface area contributed by atoms with Crippen molar-refractivity contribution < 1.29 is 9.53 Å². The van der Waals surface area contributed by atoms with Crippen molar-refractivity contribution in [2.24, 2.45) is 0 Å². The molecule has 26 heavy (non-hydrogen) atoms. The van der Waals surface area contributed by atoms with Gasteiger partial charge in [0.15, 0.2) is 0 Å². The molecule has 0 N–H and O–H groups in total. The van der Waals surface area contributed by atoms with E-state index in [-0.39, 0.29) is 12.0 Å². The molecule has 2 aromatic heterocycles. The molecule has 8 nitrogen and oxygen atoms in total. The first-order chi connectivity index (χ1) is 12.6. The van der Waals surface area contributed by atoms with Gasteiger partial charge in [-0.3, -0.25) is 4.68 Å². The summed E-state index contributed by atoms with van der Waals surface area (Å²) in [6, 6.07) is 9.74. The highest BCUT2D eigenvalue weighted by atomic mass is 79.9. The summed E-state index contributed by atoms with van der Waals surface area (Å²) >= 11 is 3.41. The van der Waals surface area contributed by atoms with Gasteiger partial charge in [-0.1, -0.05) is 15.9 Å². The molecular formula is C17H17BrN6O2. The van der Waals surface area contributed by atoms with Crippen molar-refractivity contribution in [3.05, 3.63) is 46.2 Å². The SMILES string of the molecule is CCOC(=O)c1cc(Cn2nnc(-c3ccc(Br)cc3)n2)nn1C1CC1. The number of hydrogen-bond donors (Lipinski definition) is 0. The molecule has 0 atom stereocenters. The van der Waals surface area contributed by atoms with E-state index in [0.29, 0.717) is 30.4 Å². The number of benzene rings is 1. The number of aromatic nitrogens is 6. The Morgan fingerprint density at radius 1 is 1.27 bits per heavy atom. The zero-order valence-corrected chi connectivity index (χ0v) is 15.8. The fraction of sp³-hybridized carbons (Fsp3) is 0.353. The second-order valence-corrected chi connectivity index (χ2v) is 6.98. The minimum absolute atomic E-state index is 0.283. The van der Waals surface area contributed by atoms with E-state index in [0.717, 1.165) is 22.9 Å². The summed E-state index contributed by atoms with van der Waals surface area (Å²) in [4.78, 5) is 13.6. The first-order valence-electron chi connectivity index (χ1n) is 8.43. The molecule has 0 bridgehead atoms. The molecule has 1 aliphatic rings. The smallest absolute Gasteiger partial charge is 0.356 e. The molecule has 9 heteroatoms. The Morgan fingerprint density at radius 2 is 2.04 bits per heavy atom. The van der Waals surface area contributed by atoms with E-state index in [1.165, 1.54) is 4.80 Å². The number of halogens is 1. The van der Waals surface area contributed by atoms with Crippen LogP contribution in [0.15, 0.2) is 34.8 Å². The van der Waals surface area contributed by atoms with Gasteiger partial charge in [-0.25, -0.2) is 4.79 Å². The van der Waals surface area contributed by atoms with Crippen LogP contribution < -0.4 is 0 Å². The van der Waals surface area contributed by atoms with Crippen LogP contribution in [-0.2, 0) is 11.3 Å². The summed E-state index contributed by atoms with van der Waals surface area (Å²) in [5.74, 6) is 0.199. The van der Waals surface area contributed by atoms with E-state index in [2.05, 4.69) is 36.4 Å². The van der Waals surface area contributed by atoms with Crippen molar-refractivity contribution in [2.45, 2.75) is 32.4 Å². The lowest BCUT2D eigenvalue weighted by Crippen LogP contribution is -2.12. The van der Waals surface area contributed by atoms with Crippen LogP contribution in [0.3, 0.4) is 0 Å². The maximum absolute atomic E-state index is 12.1. The second kappa shape index (κ2) is 6.99. The second-order valence-electron chi connectivity index (χ2n) is 6.07. The molecule has 0 spiro atoms. The minimum atomic E-state index is -0.347. The molecule has 1 fully saturated rings. The third kappa shape index (κ3) is 3.52. The van der Waals surface area contributed by atoms with Gasteiger partial charge in [0.2, 0.25) is 5.82 Å². The van der Waals surface area contributed by atoms with Crippen LogP contribution in [0, 0.1) is 0 Å². The zero-order chi connectivity index (χ0) is 18.1. The number of carbonyl (C=O) groups excluding carboxylic acids is 1. The fourth-order valence-corrected chi connectivity index (χ4v) is 2.91. The van der Waals surface area contributed by atoms with E-state index in [9.17, 15) is 4.79 Å². The van der Waals surface area contributed by atoms with Gasteiger partial charge in [0, 0.05) is 10.0 Å². The lowest BCUT2D eigenvalue weighted by atomic mass is 10.2. The Balaban J connectivity index is 1.55. The molecule has 3 aromatic rings. The third-order valence-electron chi connectivity index (χ3n) is 4.02. The summed E-state index contributed by atoms with van der Waals surface area (Å²) in [6.07, 6.45) is 2.06. The van der Waals surface area contributed by atoms with E-state index >= 15 is 0 Å². The lowest BCUT2D eigenvalue weighted by Gasteiger charge is -2.04. The molecular weight excluding hydrogens is 400 g/mol. The zero-order valence-electron chi connectivity index (χ0n) is 14.2. The van der Waals surface area contributed by atoms with Crippen LogP contribution in [0.5, 0.6) is 0 Å². The third-order valence-corrected chi connectivity index (χ3v) is 4.55. The molecule has 0 unspecified atom stereocenters. The van der Waals surface area contributed by atoms with Gasteiger partial charge in [-0.15, -0.1) is 10.2 Å². The summed E-state index contributed by atoms with van der Waals surface area (Å²) in [5, 5.41) is 17.1. The standard InChI is InChI=1S/C17H17BrN6O2/c1-2-26-17(25)15-9-13(20-24(15)14-7-8-14)10-23-21-16(19-22-23)11-3-5-12(18)6-4-11/h3-6,9,14H,2,7-8,10H2,1H3. The van der Waals surface area contributed by atoms with Gasteiger partial charge in [0.1, 0.15) is 12.2 Å². The number of tetrazole rings is 1. The average molecular weight is 417 g/mol. The molecule has 0 radical (unpaired) electrons. The Kier molecular flexibility index (Phi) is 4.54. The number of carbonyl (C=O) groups is 1. The molecule has 2 heterocycles. The van der Waals surface area contributed by atoms with Gasteiger partial charge >= 0.3 is 5.97 Å². The van der Waals surface area contributed by atoms with Crippen LogP contribution in [0.4, 0.5) is 0 Å². The normalized spacial score (nSPS) is 13.8. The highest BCUT2D eigenvalue weighted by Crippen LogP contribution is 2.35. The van der Waals surface area contributed by atoms with Crippen molar-refractivity contribution in [1.29, 1.82) is 0 Å². The quantitative estimate of drug-likeness (QED) is 0.574. The average Bonchev–Trinajstić information content (AvgIpc) is 3.23. The van der Waals surface area contributed by atoms with Crippen LogP contribution in [0.1, 0.15) is 42.0 Å². The first-order valence-corrected chi connectivity index (χ1v) is 9.22. The number of ether oxygens (including phenoxy) is 1. The van der Waals surface area contributed by atoms with Crippen LogP contribution >= 0.6 is 15.9 Å². The first kappa shape index (κ1) is 16.9. The monoisotopic (exact) mass is 416 g/mol. The van der Waals surface area contributed by atoms with Crippen molar-refractivity contribution in [2.75, 3.05) is 6.61 Å². The van der Waals surface area contributed by atoms with Crippen molar-refractivity contribution in [1.82, 2.24) is 30.0 Å². The van der Waals surface area contributed by atoms with Gasteiger partial charge in [0.05, 0.1) is 18.3 Å². The van der Waals surface area contributed by atoms with E-state index in [1.54, 1.807) is 17.7 Å². The Labute approximate surface area is 158 Å². The van der Waals surface area contributed by atoms with E-state index in [4.69, 9.17) is 4.74 Å². The molecule has 0 aliphatic heterocycles. The summed E-state index contributed by atoms with van der Waals surface area (Å²) in [5.41, 5.74) is 2.08. The molecule has 134 valence electrons. The predicted octanol–water partition coefficient (Wildman–Crippen LogP) is 2.86. The van der Waals surface area contributed by atoms with Crippen LogP contribution in [0.25, 0.3) is 11.4 Å². The maximum atomic E-state index is 12.1. The Morgan fingerprint density at radius 3 is 2.73 bits per heavy atom. The van der Waals surface area contributed by atoms with Crippen molar-refractivity contribution in [3.8, 4) is 11.4 Å². The Bertz CT molecular complexity index is 929. The number of rotatable bonds is 6. The summed E-state index contributed by atoms with van der Waals surface area (Å²) in [6.45, 7) is 2.47. The van der Waals surface area contributed by atoms with Crippen molar-refractivity contribution >= 4 is 21.9 Å². The fourth-order valence-electron chi connectivity index (χ4n) is 2.65. The molecule has 1 aromatic carbocycles. The van der Waals surface area contributed by atoms with Crippen LogP contribution in [0.2, 0.25) is 0 Å². The molecule has 1 saturated carbocycles. The van der Waals surface area contributed by atoms with Gasteiger partial charge in [-0.05, 0) is 55.3 Å². The topological polar surface area (TPSA) is 87.7 Å². The maximum Gasteiger partial charge on any atom is 0.356 e. The molecule has 0 saturated heterocycles. The van der Waals surface area contributed by atoms with Gasteiger partial charge in [0.25, 0.3) is 0 Å². The molecule has 1 aliphatic carbocycles. The number of esters is 1. The molecule has 0 amide bonds. The number of hydrogen-bond acceptors (Lipinski definition) is 6. The molecule has 4 rings (SSSR count).